The molecule has 2 atom stereocenters. The first-order chi connectivity index (χ1) is 22.8. The van der Waals surface area contributed by atoms with Crippen molar-refractivity contribution in [2.75, 3.05) is 26.7 Å². The highest BCUT2D eigenvalue weighted by molar-refractivity contribution is 6.33. The van der Waals surface area contributed by atoms with E-state index < -0.39 is 11.7 Å². The second-order valence-corrected chi connectivity index (χ2v) is 13.6. The van der Waals surface area contributed by atoms with Gasteiger partial charge in [-0.25, -0.2) is 4.79 Å². The highest BCUT2D eigenvalue weighted by Gasteiger charge is 2.43. The average Bonchev–Trinajstić information content (AvgIpc) is 3.12. The number of methoxy groups -OCH3 is 1. The van der Waals surface area contributed by atoms with Crippen molar-refractivity contribution in [3.63, 3.8) is 0 Å². The Balaban J connectivity index is 1.38. The van der Waals surface area contributed by atoms with E-state index >= 15 is 0 Å². The van der Waals surface area contributed by atoms with Crippen LogP contribution in [-0.2, 0) is 23.3 Å². The van der Waals surface area contributed by atoms with Gasteiger partial charge in [-0.15, -0.1) is 0 Å². The second-order valence-electron chi connectivity index (χ2n) is 13.2. The number of amides is 2. The molecule has 1 heterocycles. The summed E-state index contributed by atoms with van der Waals surface area (Å²) >= 11 is 6.91. The molecule has 2 aliphatic rings. The molecule has 1 saturated carbocycles. The first kappa shape index (κ1) is 34.9. The lowest BCUT2D eigenvalue weighted by molar-refractivity contribution is -0.0563. The maximum Gasteiger partial charge on any atom is 0.406 e. The van der Waals surface area contributed by atoms with E-state index in [1.807, 2.05) is 47.4 Å². The lowest BCUT2D eigenvalue weighted by Gasteiger charge is -2.44. The average molecular weight is 660 g/mol. The Labute approximate surface area is 285 Å². The molecule has 5 rings (SSSR count). The van der Waals surface area contributed by atoms with Crippen LogP contribution in [0.3, 0.4) is 0 Å². The van der Waals surface area contributed by atoms with Gasteiger partial charge in [0.1, 0.15) is 0 Å². The van der Waals surface area contributed by atoms with E-state index in [-0.39, 0.29) is 11.8 Å². The number of aliphatic hydroxyl groups is 1. The Morgan fingerprint density at radius 1 is 0.979 bits per heavy atom. The molecule has 1 aliphatic heterocycles. The second kappa shape index (κ2) is 16.6. The third-order valence-electron chi connectivity index (χ3n) is 10.1. The summed E-state index contributed by atoms with van der Waals surface area (Å²) < 4.78 is 4.75. The molecule has 0 unspecified atom stereocenters. The number of ether oxygens (including phenoxy) is 1. The number of halogens is 1. The van der Waals surface area contributed by atoms with Gasteiger partial charge in [0.15, 0.2) is 0 Å². The zero-order chi connectivity index (χ0) is 33.2. The maximum absolute atomic E-state index is 13.9. The Morgan fingerprint density at radius 2 is 1.74 bits per heavy atom. The normalized spacial score (nSPS) is 18.4. The minimum absolute atomic E-state index is 0.0156. The molecule has 0 radical (unpaired) electrons. The predicted molar refractivity (Wildman–Crippen MR) is 189 cm³/mol. The molecule has 8 heteroatoms. The zero-order valence-corrected chi connectivity index (χ0v) is 28.7. The largest absolute Gasteiger partial charge is 0.453 e. The van der Waals surface area contributed by atoms with Gasteiger partial charge < -0.3 is 25.4 Å². The van der Waals surface area contributed by atoms with Crippen molar-refractivity contribution in [2.24, 2.45) is 5.92 Å². The molecule has 252 valence electrons. The van der Waals surface area contributed by atoms with Crippen LogP contribution < -0.4 is 10.6 Å². The molecule has 3 aromatic rings. The van der Waals surface area contributed by atoms with Crippen LogP contribution in [0.15, 0.2) is 66.7 Å². The van der Waals surface area contributed by atoms with E-state index in [0.717, 1.165) is 42.5 Å². The smallest absolute Gasteiger partial charge is 0.406 e. The van der Waals surface area contributed by atoms with Crippen molar-refractivity contribution >= 4 is 23.6 Å². The van der Waals surface area contributed by atoms with Crippen LogP contribution in [0.4, 0.5) is 4.79 Å². The number of carbonyl (C=O) groups excluding carboxylic acids is 2. The van der Waals surface area contributed by atoms with Gasteiger partial charge in [0.2, 0.25) is 0 Å². The number of rotatable bonds is 12. The van der Waals surface area contributed by atoms with Crippen LogP contribution in [-0.4, -0.2) is 54.8 Å². The Kier molecular flexibility index (Phi) is 12.4. The lowest BCUT2D eigenvalue weighted by Crippen LogP contribution is -2.48. The Bertz CT molecular complexity index is 1490. The maximum atomic E-state index is 13.9. The number of nitrogens with zero attached hydrogens (tertiary/aromatic N) is 1. The van der Waals surface area contributed by atoms with E-state index in [0.29, 0.717) is 49.1 Å². The minimum Gasteiger partial charge on any atom is -0.453 e. The van der Waals surface area contributed by atoms with Crippen molar-refractivity contribution in [3.8, 4) is 11.1 Å². The molecule has 47 heavy (non-hydrogen) atoms. The number of carbonyl (C=O) groups is 2. The summed E-state index contributed by atoms with van der Waals surface area (Å²) in [5, 5.41) is 19.8. The van der Waals surface area contributed by atoms with Crippen LogP contribution in [0.25, 0.3) is 11.1 Å². The number of nitrogens with one attached hydrogen (secondary N) is 2. The number of likely N-dealkylation sites (tertiary alicyclic amines) is 1. The van der Waals surface area contributed by atoms with Gasteiger partial charge in [-0.3, -0.25) is 4.79 Å². The van der Waals surface area contributed by atoms with Crippen LogP contribution in [0, 0.1) is 5.92 Å². The van der Waals surface area contributed by atoms with Gasteiger partial charge in [-0.1, -0.05) is 86.3 Å². The van der Waals surface area contributed by atoms with Crippen LogP contribution >= 0.6 is 11.6 Å². The van der Waals surface area contributed by atoms with Crippen LogP contribution in [0.1, 0.15) is 91.8 Å². The molecule has 3 N–H and O–H groups in total. The fraction of sp³-hybridized carbons (Fsp3) is 0.487. The monoisotopic (exact) mass is 659 g/mol. The summed E-state index contributed by atoms with van der Waals surface area (Å²) in [5.74, 6) is -0.248. The molecule has 2 amide bonds. The van der Waals surface area contributed by atoms with E-state index in [1.165, 1.54) is 50.3 Å². The molecule has 0 spiro atoms. The van der Waals surface area contributed by atoms with Gasteiger partial charge in [0.25, 0.3) is 5.91 Å². The number of piperidine rings is 1. The van der Waals surface area contributed by atoms with Crippen molar-refractivity contribution in [3.05, 3.63) is 94.0 Å². The van der Waals surface area contributed by atoms with Crippen molar-refractivity contribution in [1.82, 2.24) is 15.5 Å². The molecule has 2 fully saturated rings. The van der Waals surface area contributed by atoms with Crippen molar-refractivity contribution in [2.45, 2.75) is 89.3 Å². The molecule has 1 saturated heterocycles. The summed E-state index contributed by atoms with van der Waals surface area (Å²) in [6.45, 7) is 4.35. The topological polar surface area (TPSA) is 90.9 Å². The summed E-state index contributed by atoms with van der Waals surface area (Å²) in [4.78, 5) is 27.5. The van der Waals surface area contributed by atoms with E-state index in [4.69, 9.17) is 16.3 Å². The highest BCUT2D eigenvalue weighted by atomic mass is 35.5. The Morgan fingerprint density at radius 3 is 2.49 bits per heavy atom. The predicted octanol–water partition coefficient (Wildman–Crippen LogP) is 7.87. The van der Waals surface area contributed by atoms with E-state index in [1.54, 1.807) is 0 Å². The summed E-state index contributed by atoms with van der Waals surface area (Å²) in [6, 6.07) is 22.6. The molecular formula is C39H50ClN3O4. The molecule has 7 nitrogen and oxygen atoms in total. The van der Waals surface area contributed by atoms with Crippen molar-refractivity contribution < 1.29 is 19.4 Å². The first-order valence-electron chi connectivity index (χ1n) is 17.4. The molecule has 0 aromatic heterocycles. The third kappa shape index (κ3) is 8.75. The quantitative estimate of drug-likeness (QED) is 0.172. The fourth-order valence-electron chi connectivity index (χ4n) is 7.37. The summed E-state index contributed by atoms with van der Waals surface area (Å²) in [6.07, 6.45) is 9.24. The first-order valence-corrected chi connectivity index (χ1v) is 17.7. The molecular weight excluding hydrogens is 610 g/mol. The zero-order valence-electron chi connectivity index (χ0n) is 27.9. The van der Waals surface area contributed by atoms with Crippen molar-refractivity contribution in [1.29, 1.82) is 0 Å². The number of alkyl carbamates (subject to hydrolysis) is 1. The van der Waals surface area contributed by atoms with Crippen LogP contribution in [0.5, 0.6) is 0 Å². The Hall–Kier alpha value is -3.39. The number of aryl methyl sites for hydroxylation is 1. The van der Waals surface area contributed by atoms with Crippen LogP contribution in [0.2, 0.25) is 5.02 Å². The fourth-order valence-corrected chi connectivity index (χ4v) is 7.66. The lowest BCUT2D eigenvalue weighted by atomic mass is 9.72. The van der Waals surface area contributed by atoms with Gasteiger partial charge in [-0.2, -0.15) is 0 Å². The number of hydrogen-bond acceptors (Lipinski definition) is 5. The van der Waals surface area contributed by atoms with Gasteiger partial charge in [-0.05, 0) is 85.4 Å². The standard InChI is InChI=1S/C39H50ClN3O4/c1-3-28-11-7-12-31(25-28)36-34(16-8-17-35(36)40)39(46,22-10-23-41-38(45)47-2)32-13-9-24-43(27-32)37(44)30-20-18-29(19-21-30)26-42-33-14-5-4-6-15-33/h7-8,11-12,16-21,25,32-33,42,46H,3-6,9-10,13-15,22-24,26-27H2,1-2H3,(H,41,45)/t32-,39+/m1/s1. The SMILES string of the molecule is CCc1cccc(-c2c(Cl)cccc2[C@](O)(CCCNC(=O)OC)[C@@H]2CCCN(C(=O)c3ccc(CNC4CCCCC4)cc3)C2)c1. The highest BCUT2D eigenvalue weighted by Crippen LogP contribution is 2.45. The molecule has 0 bridgehead atoms. The van der Waals surface area contributed by atoms with Gasteiger partial charge >= 0.3 is 6.09 Å². The van der Waals surface area contributed by atoms with Gasteiger partial charge in [0.05, 0.1) is 12.7 Å². The van der Waals surface area contributed by atoms with Gasteiger partial charge in [0, 0.05) is 54.3 Å². The molecule has 1 aliphatic carbocycles. The summed E-state index contributed by atoms with van der Waals surface area (Å²) in [7, 11) is 1.34. The third-order valence-corrected chi connectivity index (χ3v) is 10.4. The number of hydrogen-bond donors (Lipinski definition) is 3. The molecule has 3 aromatic carbocycles. The summed E-state index contributed by atoms with van der Waals surface area (Å²) in [5.41, 5.74) is 4.26. The van der Waals surface area contributed by atoms with E-state index in [9.17, 15) is 14.7 Å². The van der Waals surface area contributed by atoms with E-state index in [2.05, 4.69) is 41.8 Å². The minimum atomic E-state index is -1.30. The number of benzene rings is 3.